The summed E-state index contributed by atoms with van der Waals surface area (Å²) in [6, 6.07) is 3.59. The fourth-order valence-electron chi connectivity index (χ4n) is 2.00. The molecule has 0 aliphatic heterocycles. The molecule has 0 bridgehead atoms. The van der Waals surface area contributed by atoms with Gasteiger partial charge in [-0.1, -0.05) is 17.7 Å². The van der Waals surface area contributed by atoms with Crippen LogP contribution in [0.2, 0.25) is 0 Å². The van der Waals surface area contributed by atoms with Crippen LogP contribution in [0.1, 0.15) is 28.2 Å². The zero-order valence-electron chi connectivity index (χ0n) is 9.44. The van der Waals surface area contributed by atoms with Gasteiger partial charge in [0.1, 0.15) is 0 Å². The predicted octanol–water partition coefficient (Wildman–Crippen LogP) is 1.22. The Morgan fingerprint density at radius 3 is 1.65 bits per heavy atom. The number of carboxylic acid groups (broad SMARTS) is 2. The summed E-state index contributed by atoms with van der Waals surface area (Å²) in [5.74, 6) is -4.15. The van der Waals surface area contributed by atoms with Crippen molar-refractivity contribution in [3.8, 4) is 0 Å². The van der Waals surface area contributed by atoms with Gasteiger partial charge >= 0.3 is 41.5 Å². The van der Waals surface area contributed by atoms with Gasteiger partial charge in [0, 0.05) is 0 Å². The Labute approximate surface area is 122 Å². The average Bonchev–Trinajstić information content (AvgIpc) is 2.09. The Morgan fingerprint density at radius 2 is 1.35 bits per heavy atom. The van der Waals surface area contributed by atoms with Gasteiger partial charge in [-0.05, 0) is 37.5 Å². The van der Waals surface area contributed by atoms with Gasteiger partial charge < -0.3 is 10.2 Å². The number of carbonyl (C=O) groups is 2. The molecule has 0 aliphatic rings. The summed E-state index contributed by atoms with van der Waals surface area (Å²) in [5, 5.41) is 17.9. The van der Waals surface area contributed by atoms with Gasteiger partial charge in [0.15, 0.2) is 5.92 Å². The third-order valence-corrected chi connectivity index (χ3v) is 2.52. The van der Waals surface area contributed by atoms with Crippen molar-refractivity contribution in [1.29, 1.82) is 0 Å². The number of hydrogen-bond donors (Lipinski definition) is 2. The molecule has 1 aromatic carbocycles. The summed E-state index contributed by atoms with van der Waals surface area (Å²) < 4.78 is 0. The van der Waals surface area contributed by atoms with Crippen LogP contribution in [-0.4, -0.2) is 51.7 Å². The van der Waals surface area contributed by atoms with Gasteiger partial charge in [-0.3, -0.25) is 9.59 Å². The van der Waals surface area contributed by atoms with Crippen LogP contribution >= 0.6 is 0 Å². The summed E-state index contributed by atoms with van der Waals surface area (Å²) in [5.41, 5.74) is 2.78. The molecule has 4 nitrogen and oxygen atoms in total. The third kappa shape index (κ3) is 3.56. The van der Waals surface area contributed by atoms with Gasteiger partial charge in [0.05, 0.1) is 0 Å². The van der Waals surface area contributed by atoms with Crippen LogP contribution < -0.4 is 0 Å². The van der Waals surface area contributed by atoms with Crippen LogP contribution in [0.3, 0.4) is 0 Å². The molecule has 88 valence electrons. The van der Waals surface area contributed by atoms with Crippen LogP contribution in [-0.2, 0) is 9.59 Å². The van der Waals surface area contributed by atoms with Gasteiger partial charge in [-0.25, -0.2) is 0 Å². The van der Waals surface area contributed by atoms with E-state index in [1.54, 1.807) is 26.0 Å². The molecule has 17 heavy (non-hydrogen) atoms. The summed E-state index contributed by atoms with van der Waals surface area (Å²) >= 11 is 0. The minimum absolute atomic E-state index is 0. The van der Waals surface area contributed by atoms with E-state index in [9.17, 15) is 9.59 Å². The first-order valence-corrected chi connectivity index (χ1v) is 4.88. The molecule has 0 saturated heterocycles. The summed E-state index contributed by atoms with van der Waals surface area (Å²) in [4.78, 5) is 21.9. The minimum atomic E-state index is -1.49. The molecule has 2 N–H and O–H groups in total. The molecule has 0 aromatic heterocycles. The van der Waals surface area contributed by atoms with E-state index in [0.717, 1.165) is 5.56 Å². The Hall–Kier alpha value is -0.840. The van der Waals surface area contributed by atoms with Gasteiger partial charge in [-0.15, -0.1) is 0 Å². The molecular formula is C12H15NaO4. The van der Waals surface area contributed by atoms with Crippen molar-refractivity contribution in [2.45, 2.75) is 26.7 Å². The monoisotopic (exact) mass is 246 g/mol. The van der Waals surface area contributed by atoms with E-state index in [-0.39, 0.29) is 29.6 Å². The van der Waals surface area contributed by atoms with Crippen LogP contribution in [0.25, 0.3) is 0 Å². The number of rotatable bonds is 3. The van der Waals surface area contributed by atoms with Crippen LogP contribution in [0.4, 0.5) is 0 Å². The number of aryl methyl sites for hydroxylation is 3. The van der Waals surface area contributed by atoms with E-state index in [1.807, 2.05) is 6.92 Å². The maximum atomic E-state index is 10.9. The molecule has 5 heteroatoms. The van der Waals surface area contributed by atoms with Gasteiger partial charge in [0.25, 0.3) is 0 Å². The summed E-state index contributed by atoms with van der Waals surface area (Å²) in [6.45, 7) is 5.35. The quantitative estimate of drug-likeness (QED) is 0.621. The van der Waals surface area contributed by atoms with Crippen molar-refractivity contribution in [1.82, 2.24) is 0 Å². The number of hydrogen-bond acceptors (Lipinski definition) is 2. The average molecular weight is 246 g/mol. The van der Waals surface area contributed by atoms with Crippen molar-refractivity contribution in [3.05, 3.63) is 34.4 Å². The van der Waals surface area contributed by atoms with Crippen molar-refractivity contribution < 1.29 is 19.8 Å². The normalized spacial score (nSPS) is 9.88. The third-order valence-electron chi connectivity index (χ3n) is 2.52. The second-order valence-electron chi connectivity index (χ2n) is 3.92. The molecule has 0 amide bonds. The Kier molecular flexibility index (Phi) is 5.88. The topological polar surface area (TPSA) is 74.6 Å². The molecule has 0 radical (unpaired) electrons. The first-order valence-electron chi connectivity index (χ1n) is 4.88. The summed E-state index contributed by atoms with van der Waals surface area (Å²) in [6.07, 6.45) is 0. The molecule has 0 saturated carbocycles. The first kappa shape index (κ1) is 16.2. The number of benzene rings is 1. The van der Waals surface area contributed by atoms with Crippen LogP contribution in [0.5, 0.6) is 0 Å². The molecule has 1 rings (SSSR count). The molecule has 0 atom stereocenters. The molecule has 0 unspecified atom stereocenters. The first-order chi connectivity index (χ1) is 7.34. The zero-order valence-corrected chi connectivity index (χ0v) is 9.44. The van der Waals surface area contributed by atoms with Crippen molar-refractivity contribution in [3.63, 3.8) is 0 Å². The molecule has 0 spiro atoms. The van der Waals surface area contributed by atoms with Gasteiger partial charge in [-0.2, -0.15) is 0 Å². The van der Waals surface area contributed by atoms with E-state index >= 15 is 0 Å². The maximum absolute atomic E-state index is 10.9. The van der Waals surface area contributed by atoms with Crippen LogP contribution in [0, 0.1) is 20.8 Å². The molecule has 0 fully saturated rings. The van der Waals surface area contributed by atoms with Gasteiger partial charge in [0.2, 0.25) is 0 Å². The fourth-order valence-corrected chi connectivity index (χ4v) is 2.00. The molecular weight excluding hydrogens is 231 g/mol. The van der Waals surface area contributed by atoms with E-state index in [4.69, 9.17) is 10.2 Å². The predicted molar refractivity (Wildman–Crippen MR) is 65.8 cm³/mol. The number of aliphatic carboxylic acids is 2. The second-order valence-corrected chi connectivity index (χ2v) is 3.92. The second kappa shape index (κ2) is 6.19. The van der Waals surface area contributed by atoms with Crippen molar-refractivity contribution in [2.75, 3.05) is 0 Å². The van der Waals surface area contributed by atoms with Crippen LogP contribution in [0.15, 0.2) is 12.1 Å². The Morgan fingerprint density at radius 1 is 1.00 bits per heavy atom. The molecule has 0 aliphatic carbocycles. The number of carboxylic acids is 2. The summed E-state index contributed by atoms with van der Waals surface area (Å²) in [7, 11) is 0. The van der Waals surface area contributed by atoms with E-state index in [2.05, 4.69) is 0 Å². The standard InChI is InChI=1S/C12H14O4.Na.H/c1-6-4-7(2)9(8(3)5-6)10(11(13)14)12(15)16;;/h4-5,10H,1-3H3,(H,13,14)(H,15,16);;. The SMILES string of the molecule is Cc1cc(C)c(C(C(=O)O)C(=O)O)c(C)c1.[NaH]. The fraction of sp³-hybridized carbons (Fsp3) is 0.333. The van der Waals surface area contributed by atoms with Crippen molar-refractivity contribution in [2.24, 2.45) is 0 Å². The Balaban J connectivity index is 0.00000256. The molecule has 0 heterocycles. The van der Waals surface area contributed by atoms with E-state index in [0.29, 0.717) is 16.7 Å². The zero-order chi connectivity index (χ0) is 12.5. The van der Waals surface area contributed by atoms with Crippen molar-refractivity contribution >= 4 is 41.5 Å². The van der Waals surface area contributed by atoms with E-state index in [1.165, 1.54) is 0 Å². The van der Waals surface area contributed by atoms with E-state index < -0.39 is 17.9 Å². The molecule has 1 aromatic rings. The Bertz CT molecular complexity index is 417.